The fourth-order valence-corrected chi connectivity index (χ4v) is 2.94. The second kappa shape index (κ2) is 7.41. The van der Waals surface area contributed by atoms with Crippen molar-refractivity contribution in [2.24, 2.45) is 5.92 Å². The van der Waals surface area contributed by atoms with E-state index in [9.17, 15) is 4.79 Å². The normalized spacial score (nSPS) is 17.8. The fourth-order valence-electron chi connectivity index (χ4n) is 2.94. The molecular formula is C18H26N2O. The third kappa shape index (κ3) is 4.71. The van der Waals surface area contributed by atoms with Gasteiger partial charge in [0.15, 0.2) is 0 Å². The zero-order valence-electron chi connectivity index (χ0n) is 13.4. The Hall–Kier alpha value is -1.61. The summed E-state index contributed by atoms with van der Waals surface area (Å²) in [6, 6.07) is 10.4. The van der Waals surface area contributed by atoms with Crippen molar-refractivity contribution in [2.75, 3.05) is 33.7 Å². The minimum absolute atomic E-state index is 0.217. The lowest BCUT2D eigenvalue weighted by molar-refractivity contribution is -0.134. The molecule has 1 aromatic carbocycles. The van der Waals surface area contributed by atoms with Gasteiger partial charge in [-0.2, -0.15) is 0 Å². The summed E-state index contributed by atoms with van der Waals surface area (Å²) in [5.74, 6) is 0.501. The Morgan fingerprint density at radius 3 is 2.43 bits per heavy atom. The van der Waals surface area contributed by atoms with E-state index in [1.54, 1.807) is 4.90 Å². The zero-order chi connectivity index (χ0) is 15.2. The summed E-state index contributed by atoms with van der Waals surface area (Å²) in [4.78, 5) is 16.1. The topological polar surface area (TPSA) is 23.6 Å². The molecule has 3 nitrogen and oxygen atoms in total. The van der Waals surface area contributed by atoms with Crippen LogP contribution in [0, 0.1) is 5.92 Å². The molecule has 0 aromatic heterocycles. The van der Waals surface area contributed by atoms with E-state index in [1.807, 2.05) is 20.2 Å². The predicted molar refractivity (Wildman–Crippen MR) is 88.0 cm³/mol. The fraction of sp³-hybridized carbons (Fsp3) is 0.500. The Bertz CT molecular complexity index is 485. The monoisotopic (exact) mass is 286 g/mol. The zero-order valence-corrected chi connectivity index (χ0v) is 13.4. The molecule has 1 amide bonds. The number of hydrogen-bond acceptors (Lipinski definition) is 2. The number of rotatable bonds is 4. The van der Waals surface area contributed by atoms with Gasteiger partial charge < -0.3 is 4.90 Å². The van der Waals surface area contributed by atoms with Gasteiger partial charge in [-0.05, 0) is 38.4 Å². The molecule has 0 N–H and O–H groups in total. The molecule has 1 aliphatic heterocycles. The van der Waals surface area contributed by atoms with E-state index in [0.717, 1.165) is 32.5 Å². The van der Waals surface area contributed by atoms with Crippen LogP contribution >= 0.6 is 0 Å². The van der Waals surface area contributed by atoms with E-state index in [0.29, 0.717) is 0 Å². The summed E-state index contributed by atoms with van der Waals surface area (Å²) < 4.78 is 0. The molecule has 21 heavy (non-hydrogen) atoms. The van der Waals surface area contributed by atoms with Gasteiger partial charge in [0.05, 0.1) is 0 Å². The number of nitrogens with zero attached hydrogens (tertiary/aromatic N) is 2. The number of carbonyl (C=O) groups excluding carboxylic acids is 1. The summed E-state index contributed by atoms with van der Waals surface area (Å²) in [5.41, 5.74) is 2.63. The first kappa shape index (κ1) is 15.8. The van der Waals surface area contributed by atoms with Crippen LogP contribution in [0.2, 0.25) is 0 Å². The Kier molecular flexibility index (Phi) is 5.57. The summed E-state index contributed by atoms with van der Waals surface area (Å²) >= 11 is 0. The largest absolute Gasteiger partial charge is 0.349 e. The summed E-state index contributed by atoms with van der Waals surface area (Å²) in [5, 5.41) is 0. The lowest BCUT2D eigenvalue weighted by Crippen LogP contribution is -2.40. The van der Waals surface area contributed by atoms with Crippen LogP contribution < -0.4 is 0 Å². The van der Waals surface area contributed by atoms with Crippen molar-refractivity contribution >= 4 is 12.0 Å². The standard InChI is InChI=1S/C18H26N2O/c1-15(13-16-7-5-4-6-8-16)14-20-11-9-17(10-12-20)18(21)19(2)3/h4-8,13,17H,9-12,14H2,1-3H3. The van der Waals surface area contributed by atoms with Gasteiger partial charge >= 0.3 is 0 Å². The van der Waals surface area contributed by atoms with E-state index in [-0.39, 0.29) is 11.8 Å². The molecule has 1 saturated heterocycles. The van der Waals surface area contributed by atoms with Crippen molar-refractivity contribution in [3.63, 3.8) is 0 Å². The number of amides is 1. The van der Waals surface area contributed by atoms with Gasteiger partial charge in [-0.15, -0.1) is 0 Å². The van der Waals surface area contributed by atoms with E-state index >= 15 is 0 Å². The molecule has 114 valence electrons. The number of benzene rings is 1. The van der Waals surface area contributed by atoms with Crippen molar-refractivity contribution in [3.8, 4) is 0 Å². The molecule has 1 heterocycles. The first-order valence-corrected chi connectivity index (χ1v) is 7.72. The predicted octanol–water partition coefficient (Wildman–Crippen LogP) is 2.89. The average Bonchev–Trinajstić information content (AvgIpc) is 2.48. The highest BCUT2D eigenvalue weighted by Gasteiger charge is 2.25. The number of piperidine rings is 1. The Labute approximate surface area is 128 Å². The number of carbonyl (C=O) groups is 1. The maximum Gasteiger partial charge on any atom is 0.225 e. The Balaban J connectivity index is 1.83. The molecule has 2 rings (SSSR count). The van der Waals surface area contributed by atoms with Gasteiger partial charge in [0, 0.05) is 26.6 Å². The van der Waals surface area contributed by atoms with E-state index in [4.69, 9.17) is 0 Å². The van der Waals surface area contributed by atoms with Crippen LogP contribution in [0.1, 0.15) is 25.3 Å². The Morgan fingerprint density at radius 2 is 1.86 bits per heavy atom. The SMILES string of the molecule is CC(=Cc1ccccc1)CN1CCC(C(=O)N(C)C)CC1. The number of hydrogen-bond donors (Lipinski definition) is 0. The van der Waals surface area contributed by atoms with Crippen LogP contribution in [0.15, 0.2) is 35.9 Å². The van der Waals surface area contributed by atoms with Crippen molar-refractivity contribution in [2.45, 2.75) is 19.8 Å². The smallest absolute Gasteiger partial charge is 0.225 e. The first-order valence-electron chi connectivity index (χ1n) is 7.72. The minimum atomic E-state index is 0.217. The van der Waals surface area contributed by atoms with Crippen molar-refractivity contribution in [3.05, 3.63) is 41.5 Å². The van der Waals surface area contributed by atoms with Gasteiger partial charge in [0.1, 0.15) is 0 Å². The molecule has 1 aromatic rings. The van der Waals surface area contributed by atoms with E-state index < -0.39 is 0 Å². The van der Waals surface area contributed by atoms with Gasteiger partial charge in [-0.1, -0.05) is 42.0 Å². The van der Waals surface area contributed by atoms with Crippen LogP contribution in [0.5, 0.6) is 0 Å². The molecule has 0 unspecified atom stereocenters. The quantitative estimate of drug-likeness (QED) is 0.849. The molecule has 0 atom stereocenters. The maximum atomic E-state index is 12.0. The maximum absolute atomic E-state index is 12.0. The van der Waals surface area contributed by atoms with Gasteiger partial charge in [-0.3, -0.25) is 9.69 Å². The van der Waals surface area contributed by atoms with Gasteiger partial charge in [0.2, 0.25) is 5.91 Å². The van der Waals surface area contributed by atoms with Crippen LogP contribution in [0.3, 0.4) is 0 Å². The molecule has 1 aliphatic rings. The summed E-state index contributed by atoms with van der Waals surface area (Å²) in [6.45, 7) is 5.22. The molecule has 0 radical (unpaired) electrons. The summed E-state index contributed by atoms with van der Waals surface area (Å²) in [6.07, 6.45) is 4.21. The highest BCUT2D eigenvalue weighted by atomic mass is 16.2. The molecule has 0 spiro atoms. The molecule has 0 saturated carbocycles. The van der Waals surface area contributed by atoms with E-state index in [2.05, 4.69) is 42.2 Å². The van der Waals surface area contributed by atoms with Crippen molar-refractivity contribution < 1.29 is 4.79 Å². The molecule has 1 fully saturated rings. The highest BCUT2D eigenvalue weighted by Crippen LogP contribution is 2.20. The van der Waals surface area contributed by atoms with E-state index in [1.165, 1.54) is 11.1 Å². The third-order valence-electron chi connectivity index (χ3n) is 4.06. The Morgan fingerprint density at radius 1 is 1.24 bits per heavy atom. The third-order valence-corrected chi connectivity index (χ3v) is 4.06. The van der Waals surface area contributed by atoms with Gasteiger partial charge in [-0.25, -0.2) is 0 Å². The van der Waals surface area contributed by atoms with Gasteiger partial charge in [0.25, 0.3) is 0 Å². The lowest BCUT2D eigenvalue weighted by atomic mass is 9.95. The molecule has 0 aliphatic carbocycles. The van der Waals surface area contributed by atoms with Crippen LogP contribution in [0.4, 0.5) is 0 Å². The van der Waals surface area contributed by atoms with Crippen molar-refractivity contribution in [1.82, 2.24) is 9.80 Å². The summed E-state index contributed by atoms with van der Waals surface area (Å²) in [7, 11) is 3.70. The molecular weight excluding hydrogens is 260 g/mol. The highest BCUT2D eigenvalue weighted by molar-refractivity contribution is 5.78. The van der Waals surface area contributed by atoms with Crippen LogP contribution in [0.25, 0.3) is 6.08 Å². The van der Waals surface area contributed by atoms with Crippen LogP contribution in [-0.4, -0.2) is 49.4 Å². The van der Waals surface area contributed by atoms with Crippen molar-refractivity contribution in [1.29, 1.82) is 0 Å². The van der Waals surface area contributed by atoms with Crippen LogP contribution in [-0.2, 0) is 4.79 Å². The lowest BCUT2D eigenvalue weighted by Gasteiger charge is -2.32. The second-order valence-corrected chi connectivity index (χ2v) is 6.18. The first-order chi connectivity index (χ1) is 10.1. The minimum Gasteiger partial charge on any atom is -0.349 e. The second-order valence-electron chi connectivity index (χ2n) is 6.18. The molecule has 0 bridgehead atoms. The number of likely N-dealkylation sites (tertiary alicyclic amines) is 1. The molecule has 3 heteroatoms. The average molecular weight is 286 g/mol.